The van der Waals surface area contributed by atoms with Gasteiger partial charge in [-0.3, -0.25) is 4.99 Å². The SMILES string of the molecule is CN=C(NCCc1nc2ccccc2[nH]1)NCCn1cccc1. The van der Waals surface area contributed by atoms with E-state index in [0.29, 0.717) is 0 Å². The average molecular weight is 310 g/mol. The predicted octanol–water partition coefficient (Wildman–Crippen LogP) is 1.77. The van der Waals surface area contributed by atoms with Crippen LogP contribution in [0.15, 0.2) is 53.8 Å². The number of benzene rings is 1. The molecule has 3 rings (SSSR count). The third-order valence-corrected chi connectivity index (χ3v) is 3.64. The summed E-state index contributed by atoms with van der Waals surface area (Å²) in [7, 11) is 1.78. The van der Waals surface area contributed by atoms with Crippen molar-refractivity contribution < 1.29 is 0 Å². The van der Waals surface area contributed by atoms with E-state index in [9.17, 15) is 0 Å². The van der Waals surface area contributed by atoms with Crippen LogP contribution in [-0.2, 0) is 13.0 Å². The van der Waals surface area contributed by atoms with E-state index in [-0.39, 0.29) is 0 Å². The smallest absolute Gasteiger partial charge is 0.191 e. The zero-order valence-corrected chi connectivity index (χ0v) is 13.3. The lowest BCUT2D eigenvalue weighted by Gasteiger charge is -2.11. The van der Waals surface area contributed by atoms with Crippen molar-refractivity contribution in [1.29, 1.82) is 0 Å². The zero-order chi connectivity index (χ0) is 15.9. The van der Waals surface area contributed by atoms with Crippen LogP contribution in [0.5, 0.6) is 0 Å². The maximum atomic E-state index is 4.57. The summed E-state index contributed by atoms with van der Waals surface area (Å²) in [6.45, 7) is 2.53. The molecule has 6 heteroatoms. The summed E-state index contributed by atoms with van der Waals surface area (Å²) in [5.74, 6) is 1.80. The van der Waals surface area contributed by atoms with Crippen molar-refractivity contribution in [3.05, 3.63) is 54.6 Å². The molecule has 0 fully saturated rings. The molecule has 0 bridgehead atoms. The highest BCUT2D eigenvalue weighted by Crippen LogP contribution is 2.10. The van der Waals surface area contributed by atoms with Gasteiger partial charge < -0.3 is 20.2 Å². The van der Waals surface area contributed by atoms with Gasteiger partial charge in [-0.05, 0) is 24.3 Å². The van der Waals surface area contributed by atoms with Crippen LogP contribution in [0.4, 0.5) is 0 Å². The molecular weight excluding hydrogens is 288 g/mol. The molecule has 0 aliphatic carbocycles. The summed E-state index contributed by atoms with van der Waals surface area (Å²) in [4.78, 5) is 12.1. The summed E-state index contributed by atoms with van der Waals surface area (Å²) in [5, 5.41) is 6.62. The fourth-order valence-corrected chi connectivity index (χ4v) is 2.47. The third kappa shape index (κ3) is 4.12. The van der Waals surface area contributed by atoms with Crippen molar-refractivity contribution in [2.75, 3.05) is 20.1 Å². The number of nitrogens with zero attached hydrogens (tertiary/aromatic N) is 3. The lowest BCUT2D eigenvalue weighted by atomic mass is 10.3. The summed E-state index contributed by atoms with van der Waals surface area (Å²) < 4.78 is 2.13. The maximum Gasteiger partial charge on any atom is 0.191 e. The molecule has 0 saturated heterocycles. The minimum atomic E-state index is 0.781. The van der Waals surface area contributed by atoms with Crippen molar-refractivity contribution in [2.45, 2.75) is 13.0 Å². The number of nitrogens with one attached hydrogen (secondary N) is 3. The molecule has 0 radical (unpaired) electrons. The van der Waals surface area contributed by atoms with Crippen LogP contribution < -0.4 is 10.6 Å². The number of aromatic amines is 1. The molecular formula is C17H22N6. The lowest BCUT2D eigenvalue weighted by molar-refractivity contribution is 0.664. The number of guanidine groups is 1. The first-order chi connectivity index (χ1) is 11.3. The van der Waals surface area contributed by atoms with Gasteiger partial charge in [0.05, 0.1) is 11.0 Å². The molecule has 120 valence electrons. The number of para-hydroxylation sites is 2. The third-order valence-electron chi connectivity index (χ3n) is 3.64. The molecule has 3 N–H and O–H groups in total. The monoisotopic (exact) mass is 310 g/mol. The topological polar surface area (TPSA) is 70.0 Å². The van der Waals surface area contributed by atoms with Gasteiger partial charge in [0, 0.05) is 45.5 Å². The number of hydrogen-bond acceptors (Lipinski definition) is 2. The number of rotatable bonds is 6. The number of H-pyrrole nitrogens is 1. The second-order valence-electron chi connectivity index (χ2n) is 5.30. The molecule has 0 aliphatic heterocycles. The Kier molecular flexibility index (Phi) is 4.93. The largest absolute Gasteiger partial charge is 0.356 e. The zero-order valence-electron chi connectivity index (χ0n) is 13.3. The Bertz CT molecular complexity index is 723. The van der Waals surface area contributed by atoms with Gasteiger partial charge in [-0.15, -0.1) is 0 Å². The van der Waals surface area contributed by atoms with E-state index < -0.39 is 0 Å². The summed E-state index contributed by atoms with van der Waals surface area (Å²) in [5.41, 5.74) is 2.09. The van der Waals surface area contributed by atoms with E-state index in [1.165, 1.54) is 0 Å². The highest BCUT2D eigenvalue weighted by atomic mass is 15.2. The molecule has 1 aromatic carbocycles. The molecule has 2 heterocycles. The van der Waals surface area contributed by atoms with Gasteiger partial charge in [-0.1, -0.05) is 12.1 Å². The van der Waals surface area contributed by atoms with Crippen LogP contribution in [0.3, 0.4) is 0 Å². The number of hydrogen-bond donors (Lipinski definition) is 3. The quantitative estimate of drug-likeness (QED) is 0.480. The molecule has 6 nitrogen and oxygen atoms in total. The number of fused-ring (bicyclic) bond motifs is 1. The van der Waals surface area contributed by atoms with Gasteiger partial charge in [-0.25, -0.2) is 4.98 Å². The fourth-order valence-electron chi connectivity index (χ4n) is 2.47. The highest BCUT2D eigenvalue weighted by molar-refractivity contribution is 5.79. The summed E-state index contributed by atoms with van der Waals surface area (Å²) in [6, 6.07) is 12.1. The second-order valence-corrected chi connectivity index (χ2v) is 5.30. The lowest BCUT2D eigenvalue weighted by Crippen LogP contribution is -2.39. The number of imidazole rings is 1. The van der Waals surface area contributed by atoms with Crippen LogP contribution in [0.1, 0.15) is 5.82 Å². The first-order valence-electron chi connectivity index (χ1n) is 7.84. The van der Waals surface area contributed by atoms with E-state index in [4.69, 9.17) is 0 Å². The Hall–Kier alpha value is -2.76. The van der Waals surface area contributed by atoms with E-state index >= 15 is 0 Å². The van der Waals surface area contributed by atoms with E-state index in [2.05, 4.69) is 42.6 Å². The number of aromatic nitrogens is 3. The van der Waals surface area contributed by atoms with Crippen LogP contribution in [0.2, 0.25) is 0 Å². The van der Waals surface area contributed by atoms with Gasteiger partial charge in [0.15, 0.2) is 5.96 Å². The molecule has 0 aliphatic rings. The molecule has 3 aromatic rings. The molecule has 0 atom stereocenters. The van der Waals surface area contributed by atoms with Crippen LogP contribution >= 0.6 is 0 Å². The Morgan fingerprint density at radius 1 is 1.13 bits per heavy atom. The van der Waals surface area contributed by atoms with Gasteiger partial charge in [0.2, 0.25) is 0 Å². The van der Waals surface area contributed by atoms with Crippen LogP contribution in [0.25, 0.3) is 11.0 Å². The van der Waals surface area contributed by atoms with Gasteiger partial charge in [-0.2, -0.15) is 0 Å². The molecule has 2 aromatic heterocycles. The second kappa shape index (κ2) is 7.49. The van der Waals surface area contributed by atoms with Crippen molar-refractivity contribution in [3.63, 3.8) is 0 Å². The van der Waals surface area contributed by atoms with Gasteiger partial charge in [0.25, 0.3) is 0 Å². The Labute approximate surface area is 135 Å². The Morgan fingerprint density at radius 3 is 2.70 bits per heavy atom. The van der Waals surface area contributed by atoms with E-state index in [1.807, 2.05) is 36.4 Å². The molecule has 0 unspecified atom stereocenters. The standard InChI is InChI=1S/C17H22N6/c1-18-17(20-10-13-23-11-4-5-12-23)19-9-8-16-21-14-6-2-3-7-15(14)22-16/h2-7,11-12H,8-10,13H2,1H3,(H,21,22)(H2,18,19,20). The molecule has 23 heavy (non-hydrogen) atoms. The van der Waals surface area contributed by atoms with Crippen molar-refractivity contribution >= 4 is 17.0 Å². The van der Waals surface area contributed by atoms with Crippen molar-refractivity contribution in [2.24, 2.45) is 4.99 Å². The molecule has 0 amide bonds. The van der Waals surface area contributed by atoms with Gasteiger partial charge in [0.1, 0.15) is 5.82 Å². The van der Waals surface area contributed by atoms with Crippen molar-refractivity contribution in [3.8, 4) is 0 Å². The average Bonchev–Trinajstić information content (AvgIpc) is 3.22. The first kappa shape index (κ1) is 15.1. The van der Waals surface area contributed by atoms with Crippen LogP contribution in [0, 0.1) is 0 Å². The van der Waals surface area contributed by atoms with Gasteiger partial charge >= 0.3 is 0 Å². The van der Waals surface area contributed by atoms with E-state index in [1.54, 1.807) is 7.05 Å². The van der Waals surface area contributed by atoms with Crippen LogP contribution in [-0.4, -0.2) is 40.6 Å². The maximum absolute atomic E-state index is 4.57. The fraction of sp³-hybridized carbons (Fsp3) is 0.294. The minimum Gasteiger partial charge on any atom is -0.356 e. The Balaban J connectivity index is 1.42. The Morgan fingerprint density at radius 2 is 1.91 bits per heavy atom. The predicted molar refractivity (Wildman–Crippen MR) is 93.6 cm³/mol. The summed E-state index contributed by atoms with van der Waals surface area (Å²) >= 11 is 0. The summed E-state index contributed by atoms with van der Waals surface area (Å²) in [6.07, 6.45) is 4.94. The number of aliphatic imine (C=N–C) groups is 1. The molecule has 0 saturated carbocycles. The highest BCUT2D eigenvalue weighted by Gasteiger charge is 2.02. The minimum absolute atomic E-state index is 0.781. The first-order valence-corrected chi connectivity index (χ1v) is 7.84. The van der Waals surface area contributed by atoms with E-state index in [0.717, 1.165) is 48.9 Å². The molecule has 0 spiro atoms. The van der Waals surface area contributed by atoms with Crippen molar-refractivity contribution in [1.82, 2.24) is 25.2 Å². The normalized spacial score (nSPS) is 11.8.